The van der Waals surface area contributed by atoms with Gasteiger partial charge in [-0.15, -0.1) is 0 Å². The molecule has 0 radical (unpaired) electrons. The summed E-state index contributed by atoms with van der Waals surface area (Å²) in [5.74, 6) is 0.267. The number of aromatic nitrogens is 2. The SMILES string of the molecule is O=C(O)c1cc(N2CCC(c3ccc(CCCO)cc3)CC2)nc2ccncc12. The Morgan fingerprint density at radius 1 is 1.14 bits per heavy atom. The number of aliphatic hydroxyl groups is 1. The number of piperidine rings is 1. The van der Waals surface area contributed by atoms with Gasteiger partial charge >= 0.3 is 5.97 Å². The fraction of sp³-hybridized carbons (Fsp3) is 0.348. The highest BCUT2D eigenvalue weighted by atomic mass is 16.4. The Morgan fingerprint density at radius 3 is 2.59 bits per heavy atom. The van der Waals surface area contributed by atoms with Crippen LogP contribution in [-0.2, 0) is 6.42 Å². The van der Waals surface area contributed by atoms with Crippen LogP contribution < -0.4 is 4.90 Å². The summed E-state index contributed by atoms with van der Waals surface area (Å²) >= 11 is 0. The van der Waals surface area contributed by atoms with Crippen LogP contribution in [0.15, 0.2) is 48.8 Å². The third-order valence-corrected chi connectivity index (χ3v) is 5.72. The molecule has 0 atom stereocenters. The molecule has 6 heteroatoms. The Hall–Kier alpha value is -2.99. The molecule has 0 unspecified atom stereocenters. The number of benzene rings is 1. The first kappa shape index (κ1) is 19.3. The number of pyridine rings is 2. The van der Waals surface area contributed by atoms with Gasteiger partial charge in [-0.05, 0) is 54.9 Å². The van der Waals surface area contributed by atoms with Gasteiger partial charge in [0.2, 0.25) is 0 Å². The first-order valence-corrected chi connectivity index (χ1v) is 10.1. The predicted octanol–water partition coefficient (Wildman–Crippen LogP) is 3.64. The summed E-state index contributed by atoms with van der Waals surface area (Å²) in [5, 5.41) is 19.1. The monoisotopic (exact) mass is 391 g/mol. The summed E-state index contributed by atoms with van der Waals surface area (Å²) in [6, 6.07) is 12.2. The van der Waals surface area contributed by atoms with Gasteiger partial charge in [0.25, 0.3) is 0 Å². The zero-order valence-electron chi connectivity index (χ0n) is 16.3. The Kier molecular flexibility index (Phi) is 5.71. The molecule has 6 nitrogen and oxygen atoms in total. The minimum Gasteiger partial charge on any atom is -0.478 e. The highest BCUT2D eigenvalue weighted by Crippen LogP contribution is 2.31. The predicted molar refractivity (Wildman–Crippen MR) is 113 cm³/mol. The van der Waals surface area contributed by atoms with Gasteiger partial charge in [-0.2, -0.15) is 0 Å². The van der Waals surface area contributed by atoms with Gasteiger partial charge in [0.15, 0.2) is 0 Å². The molecule has 0 saturated carbocycles. The number of hydrogen-bond donors (Lipinski definition) is 2. The van der Waals surface area contributed by atoms with E-state index < -0.39 is 5.97 Å². The second-order valence-electron chi connectivity index (χ2n) is 7.56. The zero-order valence-corrected chi connectivity index (χ0v) is 16.3. The van der Waals surface area contributed by atoms with E-state index >= 15 is 0 Å². The number of anilines is 1. The molecule has 1 saturated heterocycles. The molecular formula is C23H25N3O3. The normalized spacial score (nSPS) is 15.0. The van der Waals surface area contributed by atoms with E-state index in [2.05, 4.69) is 39.1 Å². The molecule has 0 aliphatic carbocycles. The number of carboxylic acids is 1. The van der Waals surface area contributed by atoms with Crippen molar-refractivity contribution in [3.05, 3.63) is 65.5 Å². The quantitative estimate of drug-likeness (QED) is 0.667. The van der Waals surface area contributed by atoms with Crippen molar-refractivity contribution in [3.63, 3.8) is 0 Å². The fourth-order valence-electron chi connectivity index (χ4n) is 4.08. The Morgan fingerprint density at radius 2 is 1.90 bits per heavy atom. The van der Waals surface area contributed by atoms with Crippen molar-refractivity contribution in [2.75, 3.05) is 24.6 Å². The molecule has 1 fully saturated rings. The molecule has 2 N–H and O–H groups in total. The van der Waals surface area contributed by atoms with Crippen molar-refractivity contribution in [1.82, 2.24) is 9.97 Å². The van der Waals surface area contributed by atoms with Crippen molar-refractivity contribution in [3.8, 4) is 0 Å². The summed E-state index contributed by atoms with van der Waals surface area (Å²) < 4.78 is 0. The molecule has 3 heterocycles. The molecule has 1 aliphatic rings. The number of carboxylic acid groups (broad SMARTS) is 1. The molecule has 150 valence electrons. The molecule has 3 aromatic rings. The molecule has 4 rings (SSSR count). The Balaban J connectivity index is 1.48. The van der Waals surface area contributed by atoms with Crippen molar-refractivity contribution in [2.24, 2.45) is 0 Å². The van der Waals surface area contributed by atoms with Gasteiger partial charge < -0.3 is 15.1 Å². The van der Waals surface area contributed by atoms with Crippen LogP contribution in [0.25, 0.3) is 10.9 Å². The lowest BCUT2D eigenvalue weighted by Crippen LogP contribution is -2.33. The summed E-state index contributed by atoms with van der Waals surface area (Å²) in [6.07, 6.45) is 6.92. The minimum absolute atomic E-state index is 0.225. The van der Waals surface area contributed by atoms with E-state index in [9.17, 15) is 9.90 Å². The number of carbonyl (C=O) groups is 1. The van der Waals surface area contributed by atoms with Crippen LogP contribution in [0, 0.1) is 0 Å². The zero-order chi connectivity index (χ0) is 20.2. The second kappa shape index (κ2) is 8.57. The van der Waals surface area contributed by atoms with Crippen molar-refractivity contribution in [2.45, 2.75) is 31.6 Å². The van der Waals surface area contributed by atoms with E-state index in [4.69, 9.17) is 5.11 Å². The number of nitrogens with zero attached hydrogens (tertiary/aromatic N) is 3. The highest BCUT2D eigenvalue weighted by Gasteiger charge is 2.23. The van der Waals surface area contributed by atoms with E-state index in [1.807, 2.05) is 0 Å². The van der Waals surface area contributed by atoms with E-state index in [0.29, 0.717) is 16.8 Å². The number of aromatic carboxylic acids is 1. The van der Waals surface area contributed by atoms with Crippen LogP contribution >= 0.6 is 0 Å². The number of aliphatic hydroxyl groups excluding tert-OH is 1. The maximum atomic E-state index is 11.7. The van der Waals surface area contributed by atoms with Gasteiger partial charge in [0, 0.05) is 37.5 Å². The van der Waals surface area contributed by atoms with Gasteiger partial charge in [-0.25, -0.2) is 9.78 Å². The van der Waals surface area contributed by atoms with E-state index in [1.165, 1.54) is 11.1 Å². The van der Waals surface area contributed by atoms with Crippen LogP contribution in [-0.4, -0.2) is 45.8 Å². The summed E-state index contributed by atoms with van der Waals surface area (Å²) in [7, 11) is 0. The van der Waals surface area contributed by atoms with Crippen LogP contribution in [0.5, 0.6) is 0 Å². The summed E-state index contributed by atoms with van der Waals surface area (Å²) in [4.78, 5) is 22.6. The van der Waals surface area contributed by atoms with Crippen molar-refractivity contribution >= 4 is 22.7 Å². The van der Waals surface area contributed by atoms with Gasteiger partial charge in [-0.3, -0.25) is 4.98 Å². The molecule has 1 aromatic carbocycles. The molecule has 0 bridgehead atoms. The van der Waals surface area contributed by atoms with Gasteiger partial charge in [-0.1, -0.05) is 24.3 Å². The average Bonchev–Trinajstić information content (AvgIpc) is 2.77. The standard InChI is InChI=1S/C23H25N3O3/c27-13-1-2-16-3-5-17(6-4-16)18-8-11-26(12-9-18)22-14-19(23(28)29)20-15-24-10-7-21(20)25-22/h3-7,10,14-15,18,27H,1-2,8-9,11-13H2,(H,28,29). The topological polar surface area (TPSA) is 86.5 Å². The third-order valence-electron chi connectivity index (χ3n) is 5.72. The maximum Gasteiger partial charge on any atom is 0.336 e. The largest absolute Gasteiger partial charge is 0.478 e. The molecule has 0 amide bonds. The van der Waals surface area contributed by atoms with E-state index in [0.717, 1.165) is 44.6 Å². The van der Waals surface area contributed by atoms with Crippen LogP contribution in [0.1, 0.15) is 46.7 Å². The maximum absolute atomic E-state index is 11.7. The molecule has 1 aliphatic heterocycles. The van der Waals surface area contributed by atoms with Crippen LogP contribution in [0.4, 0.5) is 5.82 Å². The molecule has 29 heavy (non-hydrogen) atoms. The first-order valence-electron chi connectivity index (χ1n) is 10.1. The lowest BCUT2D eigenvalue weighted by atomic mass is 9.88. The van der Waals surface area contributed by atoms with E-state index in [1.54, 1.807) is 24.5 Å². The van der Waals surface area contributed by atoms with Crippen molar-refractivity contribution < 1.29 is 15.0 Å². The average molecular weight is 391 g/mol. The van der Waals surface area contributed by atoms with Crippen LogP contribution in [0.2, 0.25) is 0 Å². The molecule has 2 aromatic heterocycles. The summed E-state index contributed by atoms with van der Waals surface area (Å²) in [6.45, 7) is 1.92. The Bertz CT molecular complexity index is 996. The Labute approximate surface area is 169 Å². The van der Waals surface area contributed by atoms with Crippen molar-refractivity contribution in [1.29, 1.82) is 0 Å². The van der Waals surface area contributed by atoms with E-state index in [-0.39, 0.29) is 12.2 Å². The number of fused-ring (bicyclic) bond motifs is 1. The molecule has 0 spiro atoms. The van der Waals surface area contributed by atoms with Gasteiger partial charge in [0.1, 0.15) is 5.82 Å². The number of hydrogen-bond acceptors (Lipinski definition) is 5. The van der Waals surface area contributed by atoms with Gasteiger partial charge in [0.05, 0.1) is 11.1 Å². The third kappa shape index (κ3) is 4.22. The molecular weight excluding hydrogens is 366 g/mol. The lowest BCUT2D eigenvalue weighted by Gasteiger charge is -2.33. The number of aryl methyl sites for hydroxylation is 1. The smallest absolute Gasteiger partial charge is 0.336 e. The lowest BCUT2D eigenvalue weighted by molar-refractivity contribution is 0.0699. The van der Waals surface area contributed by atoms with Crippen LogP contribution in [0.3, 0.4) is 0 Å². The minimum atomic E-state index is -0.956. The first-order chi connectivity index (χ1) is 14.2. The number of rotatable bonds is 6. The fourth-order valence-corrected chi connectivity index (χ4v) is 4.08. The highest BCUT2D eigenvalue weighted by molar-refractivity contribution is 6.03. The summed E-state index contributed by atoms with van der Waals surface area (Å²) in [5.41, 5.74) is 3.52. The second-order valence-corrected chi connectivity index (χ2v) is 7.56.